The van der Waals surface area contributed by atoms with Gasteiger partial charge in [0.05, 0.1) is 12.6 Å². The molecule has 1 atom stereocenters. The van der Waals surface area contributed by atoms with E-state index >= 15 is 0 Å². The van der Waals surface area contributed by atoms with Crippen LogP contribution in [0.15, 0.2) is 18.5 Å². The van der Waals surface area contributed by atoms with E-state index < -0.39 is 0 Å². The van der Waals surface area contributed by atoms with Gasteiger partial charge in [0.15, 0.2) is 0 Å². The van der Waals surface area contributed by atoms with Crippen LogP contribution < -0.4 is 5.32 Å². The monoisotopic (exact) mass is 280 g/mol. The summed E-state index contributed by atoms with van der Waals surface area (Å²) in [4.78, 5) is 14.1. The molecule has 1 fully saturated rings. The molecular weight excluding hydrogens is 256 g/mol. The van der Waals surface area contributed by atoms with Crippen molar-refractivity contribution < 1.29 is 9.90 Å². The Balaban J connectivity index is 1.88. The zero-order chi connectivity index (χ0) is 14.6. The van der Waals surface area contributed by atoms with Crippen LogP contribution in [-0.4, -0.2) is 51.6 Å². The lowest BCUT2D eigenvalue weighted by atomic mass is 9.95. The van der Waals surface area contributed by atoms with E-state index in [1.807, 2.05) is 35.7 Å². The van der Waals surface area contributed by atoms with Gasteiger partial charge in [-0.3, -0.25) is 4.68 Å². The number of hydrogen-bond donors (Lipinski definition) is 2. The second-order valence-corrected chi connectivity index (χ2v) is 6.20. The summed E-state index contributed by atoms with van der Waals surface area (Å²) >= 11 is 0. The van der Waals surface area contributed by atoms with E-state index in [0.717, 1.165) is 25.9 Å². The topological polar surface area (TPSA) is 70.4 Å². The van der Waals surface area contributed by atoms with Crippen LogP contribution >= 0.6 is 0 Å². The smallest absolute Gasteiger partial charge is 0.317 e. The number of nitrogens with one attached hydrogen (secondary N) is 1. The molecule has 0 bridgehead atoms. The molecule has 1 aromatic rings. The number of aliphatic hydroxyl groups is 1. The normalized spacial score (nSPS) is 19.4. The lowest BCUT2D eigenvalue weighted by Crippen LogP contribution is -2.47. The molecule has 1 aliphatic rings. The molecule has 6 nitrogen and oxygen atoms in total. The van der Waals surface area contributed by atoms with Crippen LogP contribution in [-0.2, 0) is 6.54 Å². The van der Waals surface area contributed by atoms with Gasteiger partial charge in [-0.1, -0.05) is 13.8 Å². The number of aliphatic hydroxyl groups excluding tert-OH is 1. The Hall–Kier alpha value is -1.56. The Morgan fingerprint density at radius 3 is 3.00 bits per heavy atom. The molecule has 2 N–H and O–H groups in total. The van der Waals surface area contributed by atoms with E-state index in [1.165, 1.54) is 0 Å². The van der Waals surface area contributed by atoms with Gasteiger partial charge in [0.1, 0.15) is 0 Å². The van der Waals surface area contributed by atoms with E-state index in [2.05, 4.69) is 10.4 Å². The summed E-state index contributed by atoms with van der Waals surface area (Å²) in [5, 5.41) is 16.3. The lowest BCUT2D eigenvalue weighted by Gasteiger charge is -2.28. The maximum atomic E-state index is 12.3. The second-order valence-electron chi connectivity index (χ2n) is 6.20. The molecule has 2 amide bonds. The Morgan fingerprint density at radius 2 is 2.35 bits per heavy atom. The minimum atomic E-state index is -0.285. The molecule has 0 spiro atoms. The van der Waals surface area contributed by atoms with Gasteiger partial charge in [-0.05, 0) is 18.9 Å². The van der Waals surface area contributed by atoms with Crippen LogP contribution in [0.5, 0.6) is 0 Å². The number of nitrogens with zero attached hydrogens (tertiary/aromatic N) is 3. The zero-order valence-corrected chi connectivity index (χ0v) is 12.2. The van der Waals surface area contributed by atoms with Crippen LogP contribution in [0.2, 0.25) is 0 Å². The van der Waals surface area contributed by atoms with Crippen molar-refractivity contribution in [1.29, 1.82) is 0 Å². The summed E-state index contributed by atoms with van der Waals surface area (Å²) < 4.78 is 1.87. The molecule has 6 heteroatoms. The number of amides is 2. The van der Waals surface area contributed by atoms with E-state index in [4.69, 9.17) is 0 Å². The molecule has 0 aromatic carbocycles. The van der Waals surface area contributed by atoms with Crippen molar-refractivity contribution >= 4 is 6.03 Å². The molecule has 112 valence electrons. The Kier molecular flexibility index (Phi) is 4.65. The van der Waals surface area contributed by atoms with Gasteiger partial charge >= 0.3 is 6.03 Å². The fraction of sp³-hybridized carbons (Fsp3) is 0.714. The van der Waals surface area contributed by atoms with E-state index in [0.29, 0.717) is 6.54 Å². The molecule has 2 rings (SSSR count). The number of urea groups is 1. The third kappa shape index (κ3) is 3.72. The van der Waals surface area contributed by atoms with Gasteiger partial charge in [-0.25, -0.2) is 4.79 Å². The third-order valence-corrected chi connectivity index (χ3v) is 3.74. The number of aromatic nitrogens is 2. The molecular formula is C14H24N4O2. The maximum Gasteiger partial charge on any atom is 0.317 e. The maximum absolute atomic E-state index is 12.3. The molecule has 1 saturated heterocycles. The van der Waals surface area contributed by atoms with Crippen molar-refractivity contribution in [3.05, 3.63) is 18.5 Å². The molecule has 2 heterocycles. The number of likely N-dealkylation sites (tertiary alicyclic amines) is 1. The summed E-state index contributed by atoms with van der Waals surface area (Å²) in [6.45, 7) is 5.93. The highest BCUT2D eigenvalue weighted by atomic mass is 16.3. The summed E-state index contributed by atoms with van der Waals surface area (Å²) in [7, 11) is 0. The first-order valence-corrected chi connectivity index (χ1v) is 7.14. The summed E-state index contributed by atoms with van der Waals surface area (Å²) in [6.07, 6.45) is 5.71. The highest BCUT2D eigenvalue weighted by Crippen LogP contribution is 2.19. The van der Waals surface area contributed by atoms with Crippen molar-refractivity contribution in [3.63, 3.8) is 0 Å². The summed E-state index contributed by atoms with van der Waals surface area (Å²) in [6, 6.07) is 2.05. The second kappa shape index (κ2) is 6.26. The Morgan fingerprint density at radius 1 is 1.55 bits per heavy atom. The Bertz CT molecular complexity index is 430. The highest BCUT2D eigenvalue weighted by molar-refractivity contribution is 5.74. The van der Waals surface area contributed by atoms with Crippen molar-refractivity contribution in [3.8, 4) is 0 Å². The molecule has 1 aliphatic heterocycles. The van der Waals surface area contributed by atoms with Gasteiger partial charge in [-0.2, -0.15) is 5.10 Å². The van der Waals surface area contributed by atoms with Crippen molar-refractivity contribution in [2.24, 2.45) is 5.41 Å². The fourth-order valence-corrected chi connectivity index (χ4v) is 2.39. The quantitative estimate of drug-likeness (QED) is 0.848. The van der Waals surface area contributed by atoms with Crippen molar-refractivity contribution in [1.82, 2.24) is 20.0 Å². The average Bonchev–Trinajstić information content (AvgIpc) is 3.08. The van der Waals surface area contributed by atoms with Crippen LogP contribution in [0.25, 0.3) is 0 Å². The summed E-state index contributed by atoms with van der Waals surface area (Å²) in [5.41, 5.74) is -0.285. The largest absolute Gasteiger partial charge is 0.396 e. The highest BCUT2D eigenvalue weighted by Gasteiger charge is 2.30. The molecule has 20 heavy (non-hydrogen) atoms. The van der Waals surface area contributed by atoms with Crippen LogP contribution in [0.4, 0.5) is 4.79 Å². The minimum absolute atomic E-state index is 0.0406. The number of rotatable bonds is 5. The van der Waals surface area contributed by atoms with Gasteiger partial charge in [0.2, 0.25) is 0 Å². The van der Waals surface area contributed by atoms with Crippen LogP contribution in [0, 0.1) is 5.41 Å². The molecule has 0 radical (unpaired) electrons. The predicted molar refractivity (Wildman–Crippen MR) is 76.2 cm³/mol. The Labute approximate surface area is 119 Å². The van der Waals surface area contributed by atoms with Gasteiger partial charge < -0.3 is 15.3 Å². The molecule has 0 aliphatic carbocycles. The van der Waals surface area contributed by atoms with Crippen molar-refractivity contribution in [2.75, 3.05) is 19.7 Å². The number of carbonyl (C=O) groups is 1. The molecule has 1 aromatic heterocycles. The first-order chi connectivity index (χ1) is 9.52. The van der Waals surface area contributed by atoms with E-state index in [9.17, 15) is 9.90 Å². The predicted octanol–water partition coefficient (Wildman–Crippen LogP) is 1.08. The number of hydrogen-bond acceptors (Lipinski definition) is 3. The standard InChI is InChI=1S/C14H24N4O2/c1-14(2,11-19)10-15-13(20)18-8-3-5-12(18)9-17-7-4-6-16-17/h4,6-7,12,19H,3,5,8-11H2,1-2H3,(H,15,20). The minimum Gasteiger partial charge on any atom is -0.396 e. The lowest BCUT2D eigenvalue weighted by molar-refractivity contribution is 0.147. The van der Waals surface area contributed by atoms with Gasteiger partial charge in [0, 0.05) is 37.5 Å². The SMILES string of the molecule is CC(C)(CO)CNC(=O)N1CCCC1Cn1cccn1. The zero-order valence-electron chi connectivity index (χ0n) is 12.2. The first kappa shape index (κ1) is 14.8. The van der Waals surface area contributed by atoms with Crippen LogP contribution in [0.3, 0.4) is 0 Å². The molecule has 1 unspecified atom stereocenters. The van der Waals surface area contributed by atoms with Gasteiger partial charge in [-0.15, -0.1) is 0 Å². The number of carbonyl (C=O) groups excluding carboxylic acids is 1. The summed E-state index contributed by atoms with van der Waals surface area (Å²) in [5.74, 6) is 0. The van der Waals surface area contributed by atoms with E-state index in [1.54, 1.807) is 6.20 Å². The molecule has 0 saturated carbocycles. The third-order valence-electron chi connectivity index (χ3n) is 3.74. The van der Waals surface area contributed by atoms with Gasteiger partial charge in [0.25, 0.3) is 0 Å². The first-order valence-electron chi connectivity index (χ1n) is 7.14. The fourth-order valence-electron chi connectivity index (χ4n) is 2.39. The van der Waals surface area contributed by atoms with Crippen molar-refractivity contribution in [2.45, 2.75) is 39.3 Å². The average molecular weight is 280 g/mol. The van der Waals surface area contributed by atoms with Crippen LogP contribution in [0.1, 0.15) is 26.7 Å². The van der Waals surface area contributed by atoms with E-state index in [-0.39, 0.29) is 24.1 Å².